The predicted octanol–water partition coefficient (Wildman–Crippen LogP) is 3.60. The lowest BCUT2D eigenvalue weighted by Gasteiger charge is -2.14. The van der Waals surface area contributed by atoms with Crippen LogP contribution < -0.4 is 14.2 Å². The smallest absolute Gasteiger partial charge is 0.135 e. The average molecular weight is 313 g/mol. The minimum atomic E-state index is 0.324. The van der Waals surface area contributed by atoms with Crippen LogP contribution in [0.3, 0.4) is 0 Å². The Hall–Kier alpha value is -2.95. The van der Waals surface area contributed by atoms with Gasteiger partial charge >= 0.3 is 0 Å². The Bertz CT molecular complexity index is 683. The Kier molecular flexibility index (Phi) is 5.63. The molecular weight excluding hydrogens is 294 g/mol. The van der Waals surface area contributed by atoms with Gasteiger partial charge in [0, 0.05) is 12.1 Å². The van der Waals surface area contributed by atoms with Gasteiger partial charge in [-0.05, 0) is 11.6 Å². The summed E-state index contributed by atoms with van der Waals surface area (Å²) in [6, 6.07) is 13.1. The summed E-state index contributed by atoms with van der Waals surface area (Å²) in [4.78, 5) is 0. The summed E-state index contributed by atoms with van der Waals surface area (Å²) in [7, 11) is 4.63. The highest BCUT2D eigenvalue weighted by atomic mass is 16.5. The van der Waals surface area contributed by atoms with Gasteiger partial charge in [0.25, 0.3) is 0 Å². The second kappa shape index (κ2) is 7.89. The van der Waals surface area contributed by atoms with Crippen molar-refractivity contribution in [2.45, 2.75) is 0 Å². The van der Waals surface area contributed by atoms with Crippen molar-refractivity contribution < 1.29 is 19.4 Å². The molecule has 0 radical (unpaired) electrons. The van der Waals surface area contributed by atoms with Crippen molar-refractivity contribution in [3.8, 4) is 17.2 Å². The van der Waals surface area contributed by atoms with Gasteiger partial charge in [-0.2, -0.15) is 0 Å². The molecule has 0 bridgehead atoms. The lowest BCUT2D eigenvalue weighted by atomic mass is 10.1. The van der Waals surface area contributed by atoms with Gasteiger partial charge in [0.2, 0.25) is 0 Å². The van der Waals surface area contributed by atoms with Crippen molar-refractivity contribution in [3.05, 3.63) is 59.7 Å². The maximum Gasteiger partial charge on any atom is 0.135 e. The van der Waals surface area contributed by atoms with Crippen LogP contribution in [-0.4, -0.2) is 32.2 Å². The predicted molar refractivity (Wildman–Crippen MR) is 89.9 cm³/mol. The largest absolute Gasteiger partial charge is 0.496 e. The molecule has 5 heteroatoms. The van der Waals surface area contributed by atoms with E-state index in [-0.39, 0.29) is 0 Å². The third-order valence-electron chi connectivity index (χ3n) is 3.31. The number of hydrogen-bond donors (Lipinski definition) is 1. The summed E-state index contributed by atoms with van der Waals surface area (Å²) in [5.74, 6) is 1.57. The fourth-order valence-corrected chi connectivity index (χ4v) is 2.16. The number of hydrogen-bond acceptors (Lipinski definition) is 5. The molecule has 1 N–H and O–H groups in total. The van der Waals surface area contributed by atoms with Crippen LogP contribution >= 0.6 is 0 Å². The molecule has 0 spiro atoms. The summed E-state index contributed by atoms with van der Waals surface area (Å²) < 4.78 is 16.0. The minimum Gasteiger partial charge on any atom is -0.496 e. The number of ether oxygens (including phenoxy) is 3. The normalized spacial score (nSPS) is 11.5. The van der Waals surface area contributed by atoms with Crippen molar-refractivity contribution >= 4 is 11.8 Å². The molecule has 5 nitrogen and oxygen atoms in total. The molecular formula is C18H19NO4. The van der Waals surface area contributed by atoms with E-state index in [2.05, 4.69) is 5.16 Å². The quantitative estimate of drug-likeness (QED) is 0.503. The fraction of sp³-hybridized carbons (Fsp3) is 0.167. The monoisotopic (exact) mass is 313 g/mol. The first kappa shape index (κ1) is 16.4. The van der Waals surface area contributed by atoms with Gasteiger partial charge in [-0.3, -0.25) is 0 Å². The van der Waals surface area contributed by atoms with Gasteiger partial charge in [0.05, 0.1) is 26.9 Å². The van der Waals surface area contributed by atoms with Crippen molar-refractivity contribution in [1.82, 2.24) is 0 Å². The van der Waals surface area contributed by atoms with E-state index < -0.39 is 0 Å². The van der Waals surface area contributed by atoms with Crippen LogP contribution in [0.15, 0.2) is 53.7 Å². The lowest BCUT2D eigenvalue weighted by Crippen LogP contribution is -2.05. The minimum absolute atomic E-state index is 0.324. The molecule has 0 aromatic heterocycles. The third kappa shape index (κ3) is 3.83. The highest BCUT2D eigenvalue weighted by molar-refractivity contribution is 6.14. The number of rotatable bonds is 6. The summed E-state index contributed by atoms with van der Waals surface area (Å²) in [5, 5.41) is 12.8. The Morgan fingerprint density at radius 1 is 0.957 bits per heavy atom. The molecule has 23 heavy (non-hydrogen) atoms. The van der Waals surface area contributed by atoms with Crippen LogP contribution in [0, 0.1) is 0 Å². The summed E-state index contributed by atoms with van der Waals surface area (Å²) >= 11 is 0. The SMILES string of the molecule is COc1cc(OC)c(C(/C=C/c2ccccc2)=N\O)c(OC)c1. The first-order valence-corrected chi connectivity index (χ1v) is 6.99. The Morgan fingerprint density at radius 3 is 2.04 bits per heavy atom. The molecule has 0 atom stereocenters. The average Bonchev–Trinajstić information content (AvgIpc) is 2.62. The van der Waals surface area contributed by atoms with Crippen LogP contribution in [0.1, 0.15) is 11.1 Å². The molecule has 0 aliphatic carbocycles. The van der Waals surface area contributed by atoms with E-state index in [9.17, 15) is 5.21 Å². The maximum atomic E-state index is 9.42. The highest BCUT2D eigenvalue weighted by Crippen LogP contribution is 2.34. The van der Waals surface area contributed by atoms with Crippen LogP contribution in [0.5, 0.6) is 17.2 Å². The van der Waals surface area contributed by atoms with Gasteiger partial charge in [-0.15, -0.1) is 0 Å². The third-order valence-corrected chi connectivity index (χ3v) is 3.31. The molecule has 2 aromatic carbocycles. The highest BCUT2D eigenvalue weighted by Gasteiger charge is 2.17. The zero-order valence-corrected chi connectivity index (χ0v) is 13.3. The van der Waals surface area contributed by atoms with Gasteiger partial charge in [0.15, 0.2) is 0 Å². The number of allylic oxidation sites excluding steroid dienone is 1. The van der Waals surface area contributed by atoms with Gasteiger partial charge in [-0.1, -0.05) is 41.6 Å². The number of benzene rings is 2. The Labute approximate surface area is 135 Å². The van der Waals surface area contributed by atoms with Crippen LogP contribution in [0.25, 0.3) is 6.08 Å². The molecule has 0 unspecified atom stereocenters. The van der Waals surface area contributed by atoms with E-state index in [0.29, 0.717) is 28.5 Å². The molecule has 2 rings (SSSR count). The Balaban J connectivity index is 2.47. The molecule has 0 aliphatic rings. The van der Waals surface area contributed by atoms with Crippen molar-refractivity contribution in [3.63, 3.8) is 0 Å². The van der Waals surface area contributed by atoms with E-state index in [1.54, 1.807) is 25.3 Å². The molecule has 120 valence electrons. The van der Waals surface area contributed by atoms with Crippen LogP contribution in [0.2, 0.25) is 0 Å². The van der Waals surface area contributed by atoms with Gasteiger partial charge in [0.1, 0.15) is 23.0 Å². The first-order valence-electron chi connectivity index (χ1n) is 6.99. The van der Waals surface area contributed by atoms with Crippen molar-refractivity contribution in [1.29, 1.82) is 0 Å². The zero-order chi connectivity index (χ0) is 16.7. The van der Waals surface area contributed by atoms with E-state index in [1.807, 2.05) is 36.4 Å². The van der Waals surface area contributed by atoms with Crippen LogP contribution in [-0.2, 0) is 0 Å². The second-order valence-electron chi connectivity index (χ2n) is 4.64. The number of nitrogens with zero attached hydrogens (tertiary/aromatic N) is 1. The first-order chi connectivity index (χ1) is 11.2. The van der Waals surface area contributed by atoms with E-state index in [4.69, 9.17) is 14.2 Å². The van der Waals surface area contributed by atoms with Crippen molar-refractivity contribution in [2.75, 3.05) is 21.3 Å². The van der Waals surface area contributed by atoms with E-state index in [1.165, 1.54) is 14.2 Å². The topological polar surface area (TPSA) is 60.3 Å². The molecule has 0 fully saturated rings. The van der Waals surface area contributed by atoms with Gasteiger partial charge < -0.3 is 19.4 Å². The van der Waals surface area contributed by atoms with E-state index in [0.717, 1.165) is 5.56 Å². The molecule has 0 saturated carbocycles. The summed E-state index contributed by atoms with van der Waals surface area (Å²) in [5.41, 5.74) is 1.86. The number of methoxy groups -OCH3 is 3. The lowest BCUT2D eigenvalue weighted by molar-refractivity contribution is 0.318. The fourth-order valence-electron chi connectivity index (χ4n) is 2.16. The van der Waals surface area contributed by atoms with Gasteiger partial charge in [-0.25, -0.2) is 0 Å². The van der Waals surface area contributed by atoms with Crippen molar-refractivity contribution in [2.24, 2.45) is 5.16 Å². The molecule has 0 saturated heterocycles. The van der Waals surface area contributed by atoms with Crippen LogP contribution in [0.4, 0.5) is 0 Å². The van der Waals surface area contributed by atoms with E-state index >= 15 is 0 Å². The summed E-state index contributed by atoms with van der Waals surface area (Å²) in [6.45, 7) is 0. The maximum absolute atomic E-state index is 9.42. The molecule has 0 amide bonds. The zero-order valence-electron chi connectivity index (χ0n) is 13.3. The number of oxime groups is 1. The Morgan fingerprint density at radius 2 is 1.57 bits per heavy atom. The molecule has 0 aliphatic heterocycles. The summed E-state index contributed by atoms with van der Waals surface area (Å²) in [6.07, 6.45) is 3.54. The molecule has 0 heterocycles. The molecule has 2 aromatic rings. The second-order valence-corrected chi connectivity index (χ2v) is 4.64. The standard InChI is InChI=1S/C18H19NO4/c1-21-14-11-16(22-2)18(17(12-14)23-3)15(19-20)10-9-13-7-5-4-6-8-13/h4-12,20H,1-3H3/b10-9+,19-15-.